The van der Waals surface area contributed by atoms with Gasteiger partial charge in [0.05, 0.1) is 17.9 Å². The van der Waals surface area contributed by atoms with Crippen molar-refractivity contribution in [2.45, 2.75) is 32.1 Å². The van der Waals surface area contributed by atoms with Crippen LogP contribution in [0.2, 0.25) is 10.0 Å². The van der Waals surface area contributed by atoms with Gasteiger partial charge in [-0.25, -0.2) is 4.68 Å². The van der Waals surface area contributed by atoms with Gasteiger partial charge in [0.2, 0.25) is 0 Å². The number of aromatic nitrogens is 2. The van der Waals surface area contributed by atoms with Crippen LogP contribution in [0.4, 0.5) is 0 Å². The third-order valence-corrected chi connectivity index (χ3v) is 4.90. The topological polar surface area (TPSA) is 38.1 Å². The molecule has 1 aliphatic carbocycles. The number of hydrogen-bond donors (Lipinski definition) is 0. The highest BCUT2D eigenvalue weighted by molar-refractivity contribution is 9.10. The van der Waals surface area contributed by atoms with Crippen LogP contribution in [0.25, 0.3) is 0 Å². The SMILES string of the molecule is O=c1c(Cl)c(Cl)cnn1CN(Cc1ccc(Br)cc1)C1CC1. The van der Waals surface area contributed by atoms with Crippen molar-refractivity contribution in [2.24, 2.45) is 0 Å². The molecular weight excluding hydrogens is 389 g/mol. The van der Waals surface area contributed by atoms with E-state index in [1.807, 2.05) is 12.1 Å². The molecule has 22 heavy (non-hydrogen) atoms. The summed E-state index contributed by atoms with van der Waals surface area (Å²) in [5, 5.41) is 4.30. The molecule has 1 aromatic carbocycles. The Morgan fingerprint density at radius 3 is 2.59 bits per heavy atom. The van der Waals surface area contributed by atoms with Crippen molar-refractivity contribution in [3.63, 3.8) is 0 Å². The predicted octanol–water partition coefficient (Wildman–Crippen LogP) is 3.93. The van der Waals surface area contributed by atoms with Crippen LogP contribution in [0.5, 0.6) is 0 Å². The zero-order chi connectivity index (χ0) is 15.7. The summed E-state index contributed by atoms with van der Waals surface area (Å²) in [5.41, 5.74) is 0.846. The molecule has 3 rings (SSSR count). The highest BCUT2D eigenvalue weighted by Crippen LogP contribution is 2.29. The fraction of sp³-hybridized carbons (Fsp3) is 0.333. The Labute approximate surface area is 146 Å². The molecule has 4 nitrogen and oxygen atoms in total. The summed E-state index contributed by atoms with van der Waals surface area (Å²) >= 11 is 15.2. The Morgan fingerprint density at radius 1 is 1.27 bits per heavy atom. The molecule has 0 aliphatic heterocycles. The number of halogens is 3. The van der Waals surface area contributed by atoms with Crippen molar-refractivity contribution in [1.29, 1.82) is 0 Å². The maximum absolute atomic E-state index is 12.1. The van der Waals surface area contributed by atoms with Crippen molar-refractivity contribution in [3.05, 3.63) is 60.9 Å². The number of benzene rings is 1. The van der Waals surface area contributed by atoms with Crippen molar-refractivity contribution in [2.75, 3.05) is 0 Å². The van der Waals surface area contributed by atoms with Gasteiger partial charge < -0.3 is 0 Å². The standard InChI is InChI=1S/C15H14BrCl2N3O/c16-11-3-1-10(2-4-11)8-20(12-5-6-12)9-21-15(22)14(18)13(17)7-19-21/h1-4,7,12H,5-6,8-9H2. The molecule has 1 aliphatic rings. The molecule has 0 unspecified atom stereocenters. The fourth-order valence-electron chi connectivity index (χ4n) is 2.28. The highest BCUT2D eigenvalue weighted by Gasteiger charge is 2.29. The fourth-order valence-corrected chi connectivity index (χ4v) is 2.81. The second-order valence-corrected chi connectivity index (χ2v) is 7.06. The zero-order valence-corrected chi connectivity index (χ0v) is 14.8. The lowest BCUT2D eigenvalue weighted by Crippen LogP contribution is -2.35. The molecule has 0 saturated heterocycles. The average Bonchev–Trinajstić information content (AvgIpc) is 3.34. The predicted molar refractivity (Wildman–Crippen MR) is 91.2 cm³/mol. The first-order chi connectivity index (χ1) is 10.5. The Bertz CT molecular complexity index is 729. The Morgan fingerprint density at radius 2 is 1.95 bits per heavy atom. The normalized spacial score (nSPS) is 14.5. The van der Waals surface area contributed by atoms with Crippen LogP contribution in [-0.4, -0.2) is 20.7 Å². The van der Waals surface area contributed by atoms with E-state index in [1.54, 1.807) is 0 Å². The summed E-state index contributed by atoms with van der Waals surface area (Å²) in [6, 6.07) is 8.68. The summed E-state index contributed by atoms with van der Waals surface area (Å²) in [7, 11) is 0. The van der Waals surface area contributed by atoms with Gasteiger partial charge in [-0.1, -0.05) is 51.3 Å². The summed E-state index contributed by atoms with van der Waals surface area (Å²) < 4.78 is 2.42. The molecule has 1 aromatic heterocycles. The van der Waals surface area contributed by atoms with Crippen LogP contribution in [0.3, 0.4) is 0 Å². The van der Waals surface area contributed by atoms with Crippen molar-refractivity contribution in [3.8, 4) is 0 Å². The molecule has 1 heterocycles. The van der Waals surface area contributed by atoms with E-state index in [0.717, 1.165) is 23.9 Å². The van der Waals surface area contributed by atoms with Crippen LogP contribution in [-0.2, 0) is 13.2 Å². The quantitative estimate of drug-likeness (QED) is 0.760. The molecule has 0 spiro atoms. The number of nitrogens with zero attached hydrogens (tertiary/aromatic N) is 3. The molecule has 7 heteroatoms. The smallest absolute Gasteiger partial charge is 0.277 e. The van der Waals surface area contributed by atoms with Gasteiger partial charge in [0.15, 0.2) is 0 Å². The molecular formula is C15H14BrCl2N3O. The first kappa shape index (κ1) is 16.0. The van der Waals surface area contributed by atoms with E-state index in [-0.39, 0.29) is 15.6 Å². The second-order valence-electron chi connectivity index (χ2n) is 5.36. The van der Waals surface area contributed by atoms with E-state index in [2.05, 4.69) is 38.1 Å². The molecule has 0 radical (unpaired) electrons. The summed E-state index contributed by atoms with van der Waals surface area (Å²) in [6.45, 7) is 1.18. The van der Waals surface area contributed by atoms with E-state index in [4.69, 9.17) is 23.2 Å². The van der Waals surface area contributed by atoms with Crippen LogP contribution >= 0.6 is 39.1 Å². The van der Waals surface area contributed by atoms with E-state index < -0.39 is 0 Å². The molecule has 2 aromatic rings. The van der Waals surface area contributed by atoms with Crippen molar-refractivity contribution >= 4 is 39.1 Å². The summed E-state index contributed by atoms with van der Waals surface area (Å²) in [5.74, 6) is 0. The first-order valence-corrected chi connectivity index (χ1v) is 8.49. The lowest BCUT2D eigenvalue weighted by molar-refractivity contribution is 0.183. The highest BCUT2D eigenvalue weighted by atomic mass is 79.9. The minimum atomic E-state index is -0.351. The van der Waals surface area contributed by atoms with Crippen LogP contribution in [0.1, 0.15) is 18.4 Å². The maximum atomic E-state index is 12.1. The molecule has 0 bridgehead atoms. The third-order valence-electron chi connectivity index (χ3n) is 3.62. The lowest BCUT2D eigenvalue weighted by atomic mass is 10.2. The lowest BCUT2D eigenvalue weighted by Gasteiger charge is -2.22. The van der Waals surface area contributed by atoms with Crippen molar-refractivity contribution in [1.82, 2.24) is 14.7 Å². The van der Waals surface area contributed by atoms with E-state index in [0.29, 0.717) is 12.7 Å². The first-order valence-electron chi connectivity index (χ1n) is 6.94. The van der Waals surface area contributed by atoms with Crippen LogP contribution < -0.4 is 5.56 Å². The van der Waals surface area contributed by atoms with E-state index in [1.165, 1.54) is 16.4 Å². The van der Waals surface area contributed by atoms with Gasteiger partial charge in [0.1, 0.15) is 5.02 Å². The van der Waals surface area contributed by atoms with Gasteiger partial charge in [0, 0.05) is 17.1 Å². The summed E-state index contributed by atoms with van der Waals surface area (Å²) in [4.78, 5) is 14.4. The minimum absolute atomic E-state index is 0.0241. The van der Waals surface area contributed by atoms with Crippen LogP contribution in [0, 0.1) is 0 Å². The second kappa shape index (κ2) is 6.71. The molecule has 116 valence electrons. The van der Waals surface area contributed by atoms with Crippen molar-refractivity contribution < 1.29 is 0 Å². The molecule has 0 N–H and O–H groups in total. The number of rotatable bonds is 5. The minimum Gasteiger partial charge on any atom is -0.277 e. The van der Waals surface area contributed by atoms with E-state index >= 15 is 0 Å². The maximum Gasteiger partial charge on any atom is 0.288 e. The summed E-state index contributed by atoms with van der Waals surface area (Å²) in [6.07, 6.45) is 3.70. The molecule has 1 saturated carbocycles. The van der Waals surface area contributed by atoms with Crippen LogP contribution in [0.15, 0.2) is 39.7 Å². The Kier molecular flexibility index (Phi) is 4.88. The Balaban J connectivity index is 1.79. The van der Waals surface area contributed by atoms with E-state index in [9.17, 15) is 4.79 Å². The zero-order valence-electron chi connectivity index (χ0n) is 11.7. The molecule has 0 atom stereocenters. The van der Waals surface area contributed by atoms with Gasteiger partial charge in [-0.15, -0.1) is 0 Å². The average molecular weight is 403 g/mol. The largest absolute Gasteiger partial charge is 0.288 e. The van der Waals surface area contributed by atoms with Gasteiger partial charge in [-0.05, 0) is 30.5 Å². The number of hydrogen-bond acceptors (Lipinski definition) is 3. The third kappa shape index (κ3) is 3.71. The van der Waals surface area contributed by atoms with Gasteiger partial charge >= 0.3 is 0 Å². The van der Waals surface area contributed by atoms with Gasteiger partial charge in [0.25, 0.3) is 5.56 Å². The molecule has 0 amide bonds. The van der Waals surface area contributed by atoms with Gasteiger partial charge in [-0.3, -0.25) is 9.69 Å². The Hall–Kier alpha value is -0.880. The monoisotopic (exact) mass is 401 g/mol. The molecule has 1 fully saturated rings. The van der Waals surface area contributed by atoms with Gasteiger partial charge in [-0.2, -0.15) is 5.10 Å².